The van der Waals surface area contributed by atoms with Crippen LogP contribution in [0.3, 0.4) is 0 Å². The van der Waals surface area contributed by atoms with Gasteiger partial charge in [0, 0.05) is 11.3 Å². The number of fused-ring (bicyclic) bond motifs is 1. The summed E-state index contributed by atoms with van der Waals surface area (Å²) in [7, 11) is 0. The number of nitrogens with one attached hydrogen (secondary N) is 2. The molecule has 7 nitrogen and oxygen atoms in total. The van der Waals surface area contributed by atoms with Gasteiger partial charge >= 0.3 is 0 Å². The number of aromatic nitrogens is 3. The first-order chi connectivity index (χ1) is 13.4. The van der Waals surface area contributed by atoms with E-state index in [1.807, 2.05) is 35.7 Å². The predicted octanol–water partition coefficient (Wildman–Crippen LogP) is 3.31. The third-order valence-corrected chi connectivity index (χ3v) is 6.22. The second-order valence-corrected chi connectivity index (χ2v) is 8.84. The Balaban J connectivity index is 1.47. The molecule has 0 fully saturated rings. The summed E-state index contributed by atoms with van der Waals surface area (Å²) in [5.74, 6) is 0.532. The van der Waals surface area contributed by atoms with Gasteiger partial charge in [-0.1, -0.05) is 30.0 Å². The molecule has 0 bridgehead atoms. The molecule has 9 heteroatoms. The highest BCUT2D eigenvalue weighted by molar-refractivity contribution is 7.99. The van der Waals surface area contributed by atoms with Gasteiger partial charge in [0.25, 0.3) is 0 Å². The molecule has 0 saturated carbocycles. The minimum Gasteiger partial charge on any atom is -0.322 e. The highest BCUT2D eigenvalue weighted by atomic mass is 32.2. The lowest BCUT2D eigenvalue weighted by Gasteiger charge is -2.42. The van der Waals surface area contributed by atoms with Gasteiger partial charge in [0.2, 0.25) is 17.0 Å². The van der Waals surface area contributed by atoms with E-state index in [-0.39, 0.29) is 17.6 Å². The highest BCUT2D eigenvalue weighted by Gasteiger charge is 2.43. The number of aromatic amines is 1. The summed E-state index contributed by atoms with van der Waals surface area (Å²) in [6.45, 7) is 3.49. The summed E-state index contributed by atoms with van der Waals surface area (Å²) in [5, 5.41) is 12.5. The molecule has 3 aromatic rings. The van der Waals surface area contributed by atoms with E-state index in [2.05, 4.69) is 20.5 Å². The maximum atomic E-state index is 13.0. The molecule has 3 heterocycles. The van der Waals surface area contributed by atoms with Crippen molar-refractivity contribution in [1.29, 1.82) is 0 Å². The van der Waals surface area contributed by atoms with Crippen molar-refractivity contribution in [3.63, 3.8) is 0 Å². The zero-order chi connectivity index (χ0) is 19.7. The Bertz CT molecular complexity index is 1010. The van der Waals surface area contributed by atoms with Crippen molar-refractivity contribution in [2.24, 2.45) is 0 Å². The molecule has 144 valence electrons. The summed E-state index contributed by atoms with van der Waals surface area (Å²) in [5.41, 5.74) is 0.363. The average molecular weight is 414 g/mol. The third kappa shape index (κ3) is 3.55. The number of para-hydroxylation sites is 2. The number of amides is 2. The molecule has 0 aliphatic carbocycles. The van der Waals surface area contributed by atoms with Gasteiger partial charge in [0.1, 0.15) is 11.4 Å². The zero-order valence-corrected chi connectivity index (χ0v) is 17.1. The van der Waals surface area contributed by atoms with Crippen LogP contribution in [-0.4, -0.2) is 38.3 Å². The average Bonchev–Trinajstić information content (AvgIpc) is 3.33. The maximum absolute atomic E-state index is 13.0. The molecular weight excluding hydrogens is 394 g/mol. The van der Waals surface area contributed by atoms with Crippen molar-refractivity contribution in [2.45, 2.75) is 31.0 Å². The van der Waals surface area contributed by atoms with Gasteiger partial charge < -0.3 is 5.32 Å². The molecule has 0 spiro atoms. The van der Waals surface area contributed by atoms with E-state index in [0.717, 1.165) is 5.82 Å². The smallest absolute Gasteiger partial charge is 0.250 e. The van der Waals surface area contributed by atoms with Crippen molar-refractivity contribution >= 4 is 46.3 Å². The van der Waals surface area contributed by atoms with E-state index >= 15 is 0 Å². The Hall–Kier alpha value is -2.65. The molecule has 1 aliphatic heterocycles. The Morgan fingerprint density at radius 1 is 1.25 bits per heavy atom. The Labute approximate surface area is 170 Å². The van der Waals surface area contributed by atoms with Crippen LogP contribution in [0.4, 0.5) is 11.4 Å². The SMILES string of the molecule is CC1(C)C(=O)Nc2ccccc2N1C(=O)CSc1n[nH]c(Cc2cccs2)n1. The van der Waals surface area contributed by atoms with E-state index in [9.17, 15) is 9.59 Å². The van der Waals surface area contributed by atoms with Crippen molar-refractivity contribution in [3.8, 4) is 0 Å². The number of hydrogen-bond acceptors (Lipinski definition) is 6. The Morgan fingerprint density at radius 2 is 2.07 bits per heavy atom. The van der Waals surface area contributed by atoms with Gasteiger partial charge in [-0.25, -0.2) is 4.98 Å². The molecule has 28 heavy (non-hydrogen) atoms. The molecule has 1 aromatic carbocycles. The molecule has 2 aromatic heterocycles. The van der Waals surface area contributed by atoms with Gasteiger partial charge in [0.15, 0.2) is 0 Å². The van der Waals surface area contributed by atoms with E-state index in [1.165, 1.54) is 16.6 Å². The van der Waals surface area contributed by atoms with Crippen LogP contribution in [0.1, 0.15) is 24.5 Å². The van der Waals surface area contributed by atoms with Crippen LogP contribution in [0, 0.1) is 0 Å². The lowest BCUT2D eigenvalue weighted by Crippen LogP contribution is -2.58. The second kappa shape index (κ2) is 7.40. The number of rotatable bonds is 5. The Morgan fingerprint density at radius 3 is 2.86 bits per heavy atom. The standard InChI is InChI=1S/C19H19N5O2S2/c1-19(2)17(26)20-13-7-3-4-8-14(13)24(19)16(25)11-28-18-21-15(22-23-18)10-12-6-5-9-27-12/h3-9H,10-11H2,1-2H3,(H,20,26)(H,21,22,23). The lowest BCUT2D eigenvalue weighted by molar-refractivity contribution is -0.125. The van der Waals surface area contributed by atoms with Gasteiger partial charge in [0.05, 0.1) is 17.1 Å². The van der Waals surface area contributed by atoms with E-state index < -0.39 is 5.54 Å². The van der Waals surface area contributed by atoms with E-state index in [4.69, 9.17) is 0 Å². The lowest BCUT2D eigenvalue weighted by atomic mass is 9.96. The summed E-state index contributed by atoms with van der Waals surface area (Å²) in [4.78, 5) is 32.7. The zero-order valence-electron chi connectivity index (χ0n) is 15.4. The number of carbonyl (C=O) groups is 2. The number of anilines is 2. The minimum atomic E-state index is -0.977. The normalized spacial score (nSPS) is 15.2. The first-order valence-electron chi connectivity index (χ1n) is 8.75. The van der Waals surface area contributed by atoms with Gasteiger partial charge in [-0.3, -0.25) is 19.6 Å². The van der Waals surface area contributed by atoms with Crippen molar-refractivity contribution in [2.75, 3.05) is 16.0 Å². The molecule has 2 N–H and O–H groups in total. The van der Waals surface area contributed by atoms with Crippen molar-refractivity contribution in [3.05, 3.63) is 52.5 Å². The van der Waals surface area contributed by atoms with Crippen LogP contribution in [0.25, 0.3) is 0 Å². The maximum Gasteiger partial charge on any atom is 0.250 e. The first-order valence-corrected chi connectivity index (χ1v) is 10.6. The fraction of sp³-hybridized carbons (Fsp3) is 0.263. The topological polar surface area (TPSA) is 91.0 Å². The molecule has 0 radical (unpaired) electrons. The van der Waals surface area contributed by atoms with E-state index in [0.29, 0.717) is 23.0 Å². The number of benzene rings is 1. The quantitative estimate of drug-likeness (QED) is 0.626. The Kier molecular flexibility index (Phi) is 4.94. The van der Waals surface area contributed by atoms with Gasteiger partial charge in [-0.2, -0.15) is 0 Å². The number of H-pyrrole nitrogens is 1. The summed E-state index contributed by atoms with van der Waals surface area (Å²) in [6.07, 6.45) is 0.686. The molecule has 1 aliphatic rings. The van der Waals surface area contributed by atoms with Crippen LogP contribution >= 0.6 is 23.1 Å². The largest absolute Gasteiger partial charge is 0.322 e. The summed E-state index contributed by atoms with van der Waals surface area (Å²) in [6, 6.07) is 11.4. The fourth-order valence-corrected chi connectivity index (χ4v) is 4.46. The van der Waals surface area contributed by atoms with Crippen LogP contribution in [-0.2, 0) is 16.0 Å². The molecule has 0 atom stereocenters. The third-order valence-electron chi connectivity index (χ3n) is 4.51. The van der Waals surface area contributed by atoms with Gasteiger partial charge in [-0.15, -0.1) is 16.4 Å². The summed E-state index contributed by atoms with van der Waals surface area (Å²) >= 11 is 2.92. The molecular formula is C19H19N5O2S2. The van der Waals surface area contributed by atoms with Crippen LogP contribution in [0.2, 0.25) is 0 Å². The molecule has 4 rings (SSSR count). The number of carbonyl (C=O) groups excluding carboxylic acids is 2. The monoisotopic (exact) mass is 413 g/mol. The number of thioether (sulfide) groups is 1. The minimum absolute atomic E-state index is 0.140. The van der Waals surface area contributed by atoms with Crippen LogP contribution in [0.5, 0.6) is 0 Å². The van der Waals surface area contributed by atoms with Gasteiger partial charge in [-0.05, 0) is 37.4 Å². The van der Waals surface area contributed by atoms with Crippen LogP contribution in [0.15, 0.2) is 46.9 Å². The second-order valence-electron chi connectivity index (χ2n) is 6.87. The van der Waals surface area contributed by atoms with Crippen LogP contribution < -0.4 is 10.2 Å². The first kappa shape index (κ1) is 18.7. The fourth-order valence-electron chi connectivity index (χ4n) is 3.09. The number of thiophene rings is 1. The van der Waals surface area contributed by atoms with Crippen molar-refractivity contribution in [1.82, 2.24) is 15.2 Å². The molecule has 0 unspecified atom stereocenters. The molecule has 0 saturated heterocycles. The highest BCUT2D eigenvalue weighted by Crippen LogP contribution is 2.37. The number of hydrogen-bond donors (Lipinski definition) is 2. The van der Waals surface area contributed by atoms with E-state index in [1.54, 1.807) is 36.2 Å². The van der Waals surface area contributed by atoms with Crippen molar-refractivity contribution < 1.29 is 9.59 Å². The number of nitrogens with zero attached hydrogens (tertiary/aromatic N) is 3. The predicted molar refractivity (Wildman–Crippen MR) is 111 cm³/mol. The molecule has 2 amide bonds. The summed E-state index contributed by atoms with van der Waals surface area (Å²) < 4.78 is 0.